The molecule has 1 aliphatic heterocycles. The van der Waals surface area contributed by atoms with Gasteiger partial charge in [0, 0.05) is 31.9 Å². The maximum Gasteiger partial charge on any atom is 0.269 e. The molecule has 2 heterocycles. The molecule has 2 aromatic rings. The maximum absolute atomic E-state index is 12.5. The number of fused-ring (bicyclic) bond motifs is 1. The first-order chi connectivity index (χ1) is 12.6. The van der Waals surface area contributed by atoms with Gasteiger partial charge in [0.1, 0.15) is 5.69 Å². The molecule has 0 unspecified atom stereocenters. The molecular weight excluding hydrogens is 324 g/mol. The van der Waals surface area contributed by atoms with Crippen molar-refractivity contribution in [2.45, 2.75) is 52.5 Å². The number of hydrogen-bond donors (Lipinski definition) is 1. The number of para-hydroxylation sites is 1. The van der Waals surface area contributed by atoms with Crippen molar-refractivity contribution in [2.75, 3.05) is 24.5 Å². The number of aryl methyl sites for hydroxylation is 2. The van der Waals surface area contributed by atoms with Gasteiger partial charge in [-0.3, -0.25) is 9.48 Å². The fourth-order valence-corrected chi connectivity index (χ4v) is 3.55. The SMILES string of the molecule is CCn1nc(C(C)C)cc1C(=O)NCCCN1CCCc2ccccc21. The van der Waals surface area contributed by atoms with Crippen molar-refractivity contribution in [1.82, 2.24) is 15.1 Å². The van der Waals surface area contributed by atoms with Crippen molar-refractivity contribution in [3.05, 3.63) is 47.3 Å². The summed E-state index contributed by atoms with van der Waals surface area (Å²) >= 11 is 0. The number of nitrogens with one attached hydrogen (secondary N) is 1. The minimum absolute atomic E-state index is 0.0229. The highest BCUT2D eigenvalue weighted by Gasteiger charge is 2.17. The monoisotopic (exact) mass is 354 g/mol. The lowest BCUT2D eigenvalue weighted by molar-refractivity contribution is 0.0942. The summed E-state index contributed by atoms with van der Waals surface area (Å²) in [5.41, 5.74) is 4.44. The van der Waals surface area contributed by atoms with Crippen LogP contribution in [0.15, 0.2) is 30.3 Å². The molecule has 1 aromatic heterocycles. The van der Waals surface area contributed by atoms with E-state index >= 15 is 0 Å². The van der Waals surface area contributed by atoms with Gasteiger partial charge in [0.15, 0.2) is 0 Å². The first-order valence-electron chi connectivity index (χ1n) is 9.79. The fourth-order valence-electron chi connectivity index (χ4n) is 3.55. The lowest BCUT2D eigenvalue weighted by Gasteiger charge is -2.31. The molecule has 5 heteroatoms. The predicted octanol–water partition coefficient (Wildman–Crippen LogP) is 3.60. The van der Waals surface area contributed by atoms with Gasteiger partial charge >= 0.3 is 0 Å². The van der Waals surface area contributed by atoms with Gasteiger partial charge in [-0.2, -0.15) is 5.10 Å². The zero-order chi connectivity index (χ0) is 18.5. The number of carbonyl (C=O) groups is 1. The summed E-state index contributed by atoms with van der Waals surface area (Å²) in [6.45, 7) is 9.68. The first kappa shape index (κ1) is 18.5. The fraction of sp³-hybridized carbons (Fsp3) is 0.524. The van der Waals surface area contributed by atoms with E-state index < -0.39 is 0 Å². The van der Waals surface area contributed by atoms with Gasteiger partial charge in [-0.1, -0.05) is 32.0 Å². The maximum atomic E-state index is 12.5. The number of nitrogens with zero attached hydrogens (tertiary/aromatic N) is 3. The summed E-state index contributed by atoms with van der Waals surface area (Å²) in [6.07, 6.45) is 3.32. The highest BCUT2D eigenvalue weighted by molar-refractivity contribution is 5.92. The molecule has 0 aliphatic carbocycles. The molecule has 0 saturated heterocycles. The van der Waals surface area contributed by atoms with E-state index in [1.54, 1.807) is 4.68 Å². The van der Waals surface area contributed by atoms with E-state index in [9.17, 15) is 4.79 Å². The highest BCUT2D eigenvalue weighted by atomic mass is 16.2. The number of anilines is 1. The zero-order valence-corrected chi connectivity index (χ0v) is 16.2. The van der Waals surface area contributed by atoms with Gasteiger partial charge in [-0.25, -0.2) is 0 Å². The van der Waals surface area contributed by atoms with Crippen molar-refractivity contribution in [3.8, 4) is 0 Å². The molecule has 1 aliphatic rings. The van der Waals surface area contributed by atoms with Crippen LogP contribution in [0.1, 0.15) is 61.3 Å². The number of rotatable bonds is 7. The van der Waals surface area contributed by atoms with Crippen LogP contribution in [0, 0.1) is 0 Å². The Hall–Kier alpha value is -2.30. The molecule has 1 N–H and O–H groups in total. The second kappa shape index (κ2) is 8.39. The Labute approximate surface area is 156 Å². The van der Waals surface area contributed by atoms with Crippen LogP contribution in [0.3, 0.4) is 0 Å². The Morgan fingerprint density at radius 2 is 2.12 bits per heavy atom. The van der Waals surface area contributed by atoms with E-state index in [0.717, 1.165) is 25.2 Å². The summed E-state index contributed by atoms with van der Waals surface area (Å²) in [5, 5.41) is 7.59. The molecule has 0 bridgehead atoms. The summed E-state index contributed by atoms with van der Waals surface area (Å²) in [5.74, 6) is 0.304. The Bertz CT molecular complexity index is 750. The molecular formula is C21H30N4O. The van der Waals surface area contributed by atoms with Crippen molar-refractivity contribution >= 4 is 11.6 Å². The number of benzene rings is 1. The van der Waals surface area contributed by atoms with Crippen LogP contribution in [0.4, 0.5) is 5.69 Å². The molecule has 5 nitrogen and oxygen atoms in total. The van der Waals surface area contributed by atoms with Gasteiger partial charge in [0.2, 0.25) is 0 Å². The number of aromatic nitrogens is 2. The van der Waals surface area contributed by atoms with E-state index in [0.29, 0.717) is 24.7 Å². The molecule has 26 heavy (non-hydrogen) atoms. The minimum Gasteiger partial charge on any atom is -0.371 e. The summed E-state index contributed by atoms with van der Waals surface area (Å²) in [7, 11) is 0. The van der Waals surface area contributed by atoms with Crippen LogP contribution in [-0.2, 0) is 13.0 Å². The van der Waals surface area contributed by atoms with Crippen LogP contribution >= 0.6 is 0 Å². The highest BCUT2D eigenvalue weighted by Crippen LogP contribution is 2.26. The van der Waals surface area contributed by atoms with Crippen LogP contribution in [0.5, 0.6) is 0 Å². The largest absolute Gasteiger partial charge is 0.371 e. The van der Waals surface area contributed by atoms with Crippen molar-refractivity contribution in [3.63, 3.8) is 0 Å². The summed E-state index contributed by atoms with van der Waals surface area (Å²) in [6, 6.07) is 10.6. The molecule has 3 rings (SSSR count). The molecule has 140 valence electrons. The van der Waals surface area contributed by atoms with E-state index in [1.165, 1.54) is 24.1 Å². The second-order valence-corrected chi connectivity index (χ2v) is 7.25. The number of hydrogen-bond acceptors (Lipinski definition) is 3. The molecule has 1 amide bonds. The molecule has 0 saturated carbocycles. The average molecular weight is 354 g/mol. The number of carbonyl (C=O) groups excluding carboxylic acids is 1. The van der Waals surface area contributed by atoms with Gasteiger partial charge in [-0.15, -0.1) is 0 Å². The topological polar surface area (TPSA) is 50.2 Å². The van der Waals surface area contributed by atoms with Gasteiger partial charge in [0.05, 0.1) is 5.69 Å². The Balaban J connectivity index is 1.52. The van der Waals surface area contributed by atoms with Gasteiger partial charge in [-0.05, 0) is 49.8 Å². The third kappa shape index (κ3) is 4.09. The molecule has 0 spiro atoms. The molecule has 0 atom stereocenters. The average Bonchev–Trinajstić information content (AvgIpc) is 3.10. The van der Waals surface area contributed by atoms with Crippen molar-refractivity contribution < 1.29 is 4.79 Å². The normalized spacial score (nSPS) is 13.8. The quantitative estimate of drug-likeness (QED) is 0.773. The Morgan fingerprint density at radius 1 is 1.31 bits per heavy atom. The molecule has 0 fully saturated rings. The van der Waals surface area contributed by atoms with Gasteiger partial charge < -0.3 is 10.2 Å². The van der Waals surface area contributed by atoms with Crippen LogP contribution in [-0.4, -0.2) is 35.3 Å². The minimum atomic E-state index is -0.0229. The van der Waals surface area contributed by atoms with Crippen molar-refractivity contribution in [1.29, 1.82) is 0 Å². The van der Waals surface area contributed by atoms with E-state index in [-0.39, 0.29) is 5.91 Å². The smallest absolute Gasteiger partial charge is 0.269 e. The lowest BCUT2D eigenvalue weighted by atomic mass is 10.0. The standard InChI is InChI=1S/C21H30N4O/c1-4-25-20(15-18(23-25)16(2)3)21(26)22-12-8-14-24-13-7-10-17-9-5-6-11-19(17)24/h5-6,9,11,15-16H,4,7-8,10,12-14H2,1-3H3,(H,22,26). The van der Waals surface area contributed by atoms with Gasteiger partial charge in [0.25, 0.3) is 5.91 Å². The summed E-state index contributed by atoms with van der Waals surface area (Å²) < 4.78 is 1.80. The van der Waals surface area contributed by atoms with E-state index in [4.69, 9.17) is 0 Å². The lowest BCUT2D eigenvalue weighted by Crippen LogP contribution is -2.33. The first-order valence-corrected chi connectivity index (χ1v) is 9.79. The van der Waals surface area contributed by atoms with E-state index in [2.05, 4.69) is 53.4 Å². The van der Waals surface area contributed by atoms with E-state index in [1.807, 2.05) is 13.0 Å². The van der Waals surface area contributed by atoms with Crippen LogP contribution in [0.2, 0.25) is 0 Å². The van der Waals surface area contributed by atoms with Crippen molar-refractivity contribution in [2.24, 2.45) is 0 Å². The van der Waals surface area contributed by atoms with Crippen LogP contribution in [0.25, 0.3) is 0 Å². The Kier molecular flexibility index (Phi) is 5.96. The zero-order valence-electron chi connectivity index (χ0n) is 16.2. The molecule has 1 aromatic carbocycles. The Morgan fingerprint density at radius 3 is 2.88 bits per heavy atom. The van der Waals surface area contributed by atoms with Crippen LogP contribution < -0.4 is 10.2 Å². The predicted molar refractivity (Wildman–Crippen MR) is 106 cm³/mol. The second-order valence-electron chi connectivity index (χ2n) is 7.25. The summed E-state index contributed by atoms with van der Waals surface area (Å²) in [4.78, 5) is 15.0. The number of amides is 1. The third-order valence-corrected chi connectivity index (χ3v) is 5.02. The third-order valence-electron chi connectivity index (χ3n) is 5.02. The molecule has 0 radical (unpaired) electrons.